The first-order chi connectivity index (χ1) is 36.4. The SMILES string of the molecule is C[C@@H](OC(C)(C)C)[C@@H]1NC(=O)CN(C)C(=O)[C@H](CSC(c2ccccc2)(c2ccccc2)c2ccccc2)NC(=O)CN(C)C(=O)[C@H](CSC(c2ccccc2)(c2ccccc2)c2ccccc2)NC(=O)CN(C)C1=O. The third-order valence-corrected chi connectivity index (χ3v) is 16.4. The van der Waals surface area contributed by atoms with Crippen molar-refractivity contribution in [2.75, 3.05) is 52.3 Å². The van der Waals surface area contributed by atoms with Gasteiger partial charge in [-0.2, -0.15) is 0 Å². The molecule has 6 amide bonds. The largest absolute Gasteiger partial charge is 0.370 e. The molecule has 0 spiro atoms. The smallest absolute Gasteiger partial charge is 0.248 e. The van der Waals surface area contributed by atoms with E-state index in [0.717, 1.165) is 33.4 Å². The van der Waals surface area contributed by atoms with Gasteiger partial charge in [-0.15, -0.1) is 23.5 Å². The molecule has 1 fully saturated rings. The van der Waals surface area contributed by atoms with E-state index in [1.165, 1.54) is 59.4 Å². The van der Waals surface area contributed by atoms with Gasteiger partial charge in [0.15, 0.2) is 0 Å². The lowest BCUT2D eigenvalue weighted by molar-refractivity contribution is -0.147. The van der Waals surface area contributed by atoms with Crippen LogP contribution in [0.4, 0.5) is 0 Å². The molecule has 6 aromatic carbocycles. The molecule has 1 aliphatic rings. The highest BCUT2D eigenvalue weighted by molar-refractivity contribution is 8.01. The lowest BCUT2D eigenvalue weighted by Gasteiger charge is -2.37. The fourth-order valence-corrected chi connectivity index (χ4v) is 12.8. The molecule has 15 heteroatoms. The first kappa shape index (κ1) is 56.5. The molecule has 1 heterocycles. The van der Waals surface area contributed by atoms with Crippen molar-refractivity contribution in [3.8, 4) is 0 Å². The van der Waals surface area contributed by atoms with Gasteiger partial charge in [-0.1, -0.05) is 182 Å². The van der Waals surface area contributed by atoms with E-state index in [-0.39, 0.29) is 11.5 Å². The normalized spacial score (nSPS) is 18.5. The highest BCUT2D eigenvalue weighted by Crippen LogP contribution is 2.50. The molecule has 396 valence electrons. The van der Waals surface area contributed by atoms with Gasteiger partial charge in [0.2, 0.25) is 35.4 Å². The molecule has 4 atom stereocenters. The van der Waals surface area contributed by atoms with Crippen LogP contribution in [0.2, 0.25) is 0 Å². The Hall–Kier alpha value is -7.20. The third-order valence-electron chi connectivity index (χ3n) is 13.1. The number of benzene rings is 6. The molecular weight excluding hydrogens is 993 g/mol. The van der Waals surface area contributed by atoms with Crippen LogP contribution < -0.4 is 16.0 Å². The second-order valence-corrected chi connectivity index (χ2v) is 22.5. The average molecular weight is 1060 g/mol. The number of amides is 6. The topological polar surface area (TPSA) is 157 Å². The van der Waals surface area contributed by atoms with Gasteiger partial charge in [-0.05, 0) is 61.1 Å². The number of likely N-dealkylation sites (N-methyl/N-ethyl adjacent to an activating group) is 3. The summed E-state index contributed by atoms with van der Waals surface area (Å²) in [7, 11) is 4.38. The molecule has 0 aliphatic carbocycles. The van der Waals surface area contributed by atoms with E-state index in [0.29, 0.717) is 0 Å². The second-order valence-electron chi connectivity index (χ2n) is 20.0. The van der Waals surface area contributed by atoms with Crippen molar-refractivity contribution in [2.24, 2.45) is 0 Å². The van der Waals surface area contributed by atoms with Crippen LogP contribution in [0, 0.1) is 0 Å². The molecule has 0 bridgehead atoms. The lowest BCUT2D eigenvalue weighted by Crippen LogP contribution is -2.59. The number of nitrogens with one attached hydrogen (secondary N) is 3. The Morgan fingerprint density at radius 2 is 0.684 bits per heavy atom. The Bertz CT molecular complexity index is 2580. The van der Waals surface area contributed by atoms with Gasteiger partial charge in [-0.25, -0.2) is 0 Å². The summed E-state index contributed by atoms with van der Waals surface area (Å²) in [6, 6.07) is 55.8. The van der Waals surface area contributed by atoms with Crippen molar-refractivity contribution in [1.82, 2.24) is 30.7 Å². The number of hydrogen-bond acceptors (Lipinski definition) is 9. The Morgan fingerprint density at radius 1 is 0.434 bits per heavy atom. The van der Waals surface area contributed by atoms with Crippen molar-refractivity contribution in [1.29, 1.82) is 0 Å². The molecule has 0 radical (unpaired) electrons. The van der Waals surface area contributed by atoms with E-state index in [1.54, 1.807) is 6.92 Å². The van der Waals surface area contributed by atoms with Crippen LogP contribution in [0.3, 0.4) is 0 Å². The van der Waals surface area contributed by atoms with Crippen LogP contribution in [0.25, 0.3) is 0 Å². The standard InChI is InChI=1S/C61H68N6O7S2/c1-43(74-59(2,3)4)55-58(73)67(7)39-53(69)63-50(41-75-60(44-26-14-8-15-27-44,45-28-16-9-17-29-45)46-30-18-10-19-31-46)56(71)65(5)38-52(68)62-51(57(72)66(6)40-54(70)64-55)42-76-61(47-32-20-11-21-33-47,48-34-22-12-23-35-48)49-36-24-13-25-37-49/h8-37,43,50-51,55H,38-42H2,1-7H3,(H,62,68)(H,63,69)(H,64,70)/t43-,50+,51+,55+/m1/s1. The van der Waals surface area contributed by atoms with E-state index < -0.39 is 94.4 Å². The molecule has 0 saturated carbocycles. The molecule has 6 aromatic rings. The predicted octanol–water partition coefficient (Wildman–Crippen LogP) is 7.48. The van der Waals surface area contributed by atoms with Gasteiger partial charge in [0.05, 0.1) is 40.8 Å². The third kappa shape index (κ3) is 13.6. The van der Waals surface area contributed by atoms with Crippen LogP contribution in [-0.4, -0.2) is 132 Å². The first-order valence-electron chi connectivity index (χ1n) is 25.3. The Morgan fingerprint density at radius 3 is 0.947 bits per heavy atom. The molecule has 0 aromatic heterocycles. The van der Waals surface area contributed by atoms with Gasteiger partial charge in [0, 0.05) is 32.6 Å². The van der Waals surface area contributed by atoms with Crippen molar-refractivity contribution in [3.63, 3.8) is 0 Å². The molecule has 1 saturated heterocycles. The minimum absolute atomic E-state index is 0.0189. The summed E-state index contributed by atoms with van der Waals surface area (Å²) in [5.74, 6) is -3.68. The van der Waals surface area contributed by atoms with Crippen LogP contribution in [-0.2, 0) is 43.0 Å². The van der Waals surface area contributed by atoms with Gasteiger partial charge in [-0.3, -0.25) is 28.8 Å². The lowest BCUT2D eigenvalue weighted by atomic mass is 9.84. The van der Waals surface area contributed by atoms with E-state index in [2.05, 4.69) is 16.0 Å². The van der Waals surface area contributed by atoms with Crippen LogP contribution in [0.1, 0.15) is 61.1 Å². The molecule has 0 unspecified atom stereocenters. The number of nitrogens with zero attached hydrogens (tertiary/aromatic N) is 3. The Balaban J connectivity index is 1.28. The quantitative estimate of drug-likeness (QED) is 0.0942. The fraction of sp³-hybridized carbons (Fsp3) is 0.311. The van der Waals surface area contributed by atoms with Gasteiger partial charge < -0.3 is 35.4 Å². The summed E-state index contributed by atoms with van der Waals surface area (Å²) >= 11 is 2.91. The zero-order valence-corrected chi connectivity index (χ0v) is 45.8. The van der Waals surface area contributed by atoms with Crippen molar-refractivity contribution in [2.45, 2.75) is 67.0 Å². The maximum Gasteiger partial charge on any atom is 0.248 e. The average Bonchev–Trinajstić information content (AvgIpc) is 3.44. The number of hydrogen-bond donors (Lipinski definition) is 3. The van der Waals surface area contributed by atoms with E-state index >= 15 is 4.79 Å². The summed E-state index contributed by atoms with van der Waals surface area (Å²) in [5, 5.41) is 8.69. The summed E-state index contributed by atoms with van der Waals surface area (Å²) < 4.78 is 4.46. The van der Waals surface area contributed by atoms with Crippen LogP contribution in [0.5, 0.6) is 0 Å². The predicted molar refractivity (Wildman–Crippen MR) is 302 cm³/mol. The molecular formula is C61H68N6O7S2. The monoisotopic (exact) mass is 1060 g/mol. The molecule has 13 nitrogen and oxygen atoms in total. The Kier molecular flexibility index (Phi) is 19.0. The second kappa shape index (κ2) is 25.6. The van der Waals surface area contributed by atoms with Crippen molar-refractivity contribution >= 4 is 59.0 Å². The maximum atomic E-state index is 15.0. The van der Waals surface area contributed by atoms with Gasteiger partial charge in [0.25, 0.3) is 0 Å². The zero-order valence-electron chi connectivity index (χ0n) is 44.2. The number of carbonyl (C=O) groups excluding carboxylic acids is 6. The van der Waals surface area contributed by atoms with E-state index in [4.69, 9.17) is 4.74 Å². The highest BCUT2D eigenvalue weighted by Gasteiger charge is 2.42. The molecule has 76 heavy (non-hydrogen) atoms. The van der Waals surface area contributed by atoms with Gasteiger partial charge >= 0.3 is 0 Å². The summed E-state index contributed by atoms with van der Waals surface area (Å²) in [4.78, 5) is 91.0. The molecule has 3 N–H and O–H groups in total. The fourth-order valence-electron chi connectivity index (χ4n) is 9.66. The van der Waals surface area contributed by atoms with Crippen molar-refractivity contribution in [3.05, 3.63) is 215 Å². The number of ether oxygens (including phenoxy) is 1. The van der Waals surface area contributed by atoms with E-state index in [1.807, 2.05) is 203 Å². The zero-order chi connectivity index (χ0) is 54.5. The summed E-state index contributed by atoms with van der Waals surface area (Å²) in [6.07, 6.45) is -0.888. The highest BCUT2D eigenvalue weighted by atomic mass is 32.2. The van der Waals surface area contributed by atoms with Gasteiger partial charge in [0.1, 0.15) is 18.1 Å². The number of carbonyl (C=O) groups is 6. The maximum absolute atomic E-state index is 15.0. The number of rotatable bonds is 14. The summed E-state index contributed by atoms with van der Waals surface area (Å²) in [6.45, 7) is 5.67. The van der Waals surface area contributed by atoms with Crippen LogP contribution >= 0.6 is 23.5 Å². The first-order valence-corrected chi connectivity index (χ1v) is 27.3. The van der Waals surface area contributed by atoms with Crippen molar-refractivity contribution < 1.29 is 33.5 Å². The van der Waals surface area contributed by atoms with E-state index in [9.17, 15) is 24.0 Å². The molecule has 1 aliphatic heterocycles. The Labute approximate surface area is 455 Å². The minimum Gasteiger partial charge on any atom is -0.370 e. The molecule has 7 rings (SSSR count). The number of thioether (sulfide) groups is 2. The van der Waals surface area contributed by atoms with Crippen LogP contribution in [0.15, 0.2) is 182 Å². The summed E-state index contributed by atoms with van der Waals surface area (Å²) in [5.41, 5.74) is 4.87. The minimum atomic E-state index is -1.29.